The van der Waals surface area contributed by atoms with E-state index in [1.165, 1.54) is 11.3 Å². The summed E-state index contributed by atoms with van der Waals surface area (Å²) in [6, 6.07) is 2.08. The Kier molecular flexibility index (Phi) is 3.55. The molecule has 4 heteroatoms. The van der Waals surface area contributed by atoms with Gasteiger partial charge in [-0.15, -0.1) is 0 Å². The van der Waals surface area contributed by atoms with Crippen molar-refractivity contribution in [2.75, 3.05) is 0 Å². The number of hydrogen-bond acceptors (Lipinski definition) is 3. The molecule has 0 N–H and O–H groups in total. The lowest BCUT2D eigenvalue weighted by atomic mass is 10.2. The number of aryl methyl sites for hydroxylation is 1. The topological polar surface area (TPSA) is 45.8 Å². The van der Waals surface area contributed by atoms with Gasteiger partial charge in [-0.1, -0.05) is 11.3 Å². The molecule has 1 rings (SSSR count). The molecule has 1 heterocycles. The lowest BCUT2D eigenvalue weighted by Gasteiger charge is -1.97. The summed E-state index contributed by atoms with van der Waals surface area (Å²) < 4.78 is 1.68. The Labute approximate surface area is 74.9 Å². The molecule has 12 heavy (non-hydrogen) atoms. The molecule has 0 aliphatic heterocycles. The summed E-state index contributed by atoms with van der Waals surface area (Å²) in [5, 5.41) is 10.0. The van der Waals surface area contributed by atoms with E-state index < -0.39 is 0 Å². The molecule has 0 aromatic carbocycles. The fourth-order valence-corrected chi connectivity index (χ4v) is 1.55. The van der Waals surface area contributed by atoms with Crippen molar-refractivity contribution in [3.63, 3.8) is 0 Å². The second-order valence-corrected chi connectivity index (χ2v) is 3.33. The molecule has 0 atom stereocenters. The van der Waals surface area contributed by atoms with Crippen molar-refractivity contribution >= 4 is 11.3 Å². The van der Waals surface area contributed by atoms with Gasteiger partial charge in [-0.3, -0.25) is 4.79 Å². The van der Waals surface area contributed by atoms with Gasteiger partial charge in [0.25, 0.3) is 0 Å². The number of aromatic nitrogens is 1. The molecule has 64 valence electrons. The maximum Gasteiger partial charge on any atom is 0.307 e. The third kappa shape index (κ3) is 2.51. The van der Waals surface area contributed by atoms with Crippen LogP contribution in [0.25, 0.3) is 0 Å². The molecule has 0 spiro atoms. The Morgan fingerprint density at radius 1 is 1.58 bits per heavy atom. The Hall–Kier alpha value is -1.08. The fraction of sp³-hybridized carbons (Fsp3) is 0.500. The first-order valence-electron chi connectivity index (χ1n) is 3.85. The first kappa shape index (κ1) is 9.01. The highest BCUT2D eigenvalue weighted by molar-refractivity contribution is 7.07. The zero-order chi connectivity index (χ0) is 8.81. The number of hydrogen-bond donors (Lipinski definition) is 0. The number of rotatable bonds is 4. The molecule has 1 aromatic heterocycles. The Balaban J connectivity index is 2.30. The van der Waals surface area contributed by atoms with Gasteiger partial charge in [-0.25, -0.2) is 0 Å². The highest BCUT2D eigenvalue weighted by atomic mass is 32.1. The molecule has 0 radical (unpaired) electrons. The van der Waals surface area contributed by atoms with Crippen molar-refractivity contribution in [1.82, 2.24) is 4.57 Å². The number of unbranched alkanes of at least 4 members (excludes halogenated alkanes) is 2. The van der Waals surface area contributed by atoms with Gasteiger partial charge in [0, 0.05) is 24.5 Å². The first-order chi connectivity index (χ1) is 5.84. The number of nitriles is 1. The predicted molar refractivity (Wildman–Crippen MR) is 48.0 cm³/mol. The summed E-state index contributed by atoms with van der Waals surface area (Å²) in [5.74, 6) is 0. The molecular weight excluding hydrogens is 172 g/mol. The van der Waals surface area contributed by atoms with Crippen LogP contribution < -0.4 is 4.87 Å². The summed E-state index contributed by atoms with van der Waals surface area (Å²) in [6.45, 7) is 0.740. The smallest absolute Gasteiger partial charge is 0.306 e. The lowest BCUT2D eigenvalue weighted by Crippen LogP contribution is -2.11. The molecule has 0 saturated carbocycles. The van der Waals surface area contributed by atoms with Crippen LogP contribution in [-0.2, 0) is 6.54 Å². The van der Waals surface area contributed by atoms with E-state index in [0.29, 0.717) is 6.42 Å². The highest BCUT2D eigenvalue weighted by Crippen LogP contribution is 1.97. The van der Waals surface area contributed by atoms with Crippen LogP contribution in [-0.4, -0.2) is 4.57 Å². The van der Waals surface area contributed by atoms with Gasteiger partial charge in [-0.05, 0) is 12.8 Å². The molecule has 0 aliphatic rings. The van der Waals surface area contributed by atoms with E-state index >= 15 is 0 Å². The molecule has 0 saturated heterocycles. The van der Waals surface area contributed by atoms with Crippen LogP contribution >= 0.6 is 11.3 Å². The maximum absolute atomic E-state index is 11.0. The average molecular weight is 182 g/mol. The normalized spacial score (nSPS) is 9.58. The van der Waals surface area contributed by atoms with Gasteiger partial charge >= 0.3 is 4.87 Å². The van der Waals surface area contributed by atoms with E-state index in [1.54, 1.807) is 16.1 Å². The third-order valence-electron chi connectivity index (χ3n) is 1.58. The minimum Gasteiger partial charge on any atom is -0.306 e. The fourth-order valence-electron chi connectivity index (χ4n) is 0.943. The van der Waals surface area contributed by atoms with Crippen LogP contribution in [0, 0.1) is 11.3 Å². The van der Waals surface area contributed by atoms with Crippen molar-refractivity contribution in [2.24, 2.45) is 0 Å². The van der Waals surface area contributed by atoms with Crippen LogP contribution in [0.3, 0.4) is 0 Å². The molecule has 0 fully saturated rings. The first-order valence-corrected chi connectivity index (χ1v) is 4.73. The summed E-state index contributed by atoms with van der Waals surface area (Å²) in [7, 11) is 0. The summed E-state index contributed by atoms with van der Waals surface area (Å²) in [6.07, 6.45) is 4.15. The van der Waals surface area contributed by atoms with Gasteiger partial charge in [0.15, 0.2) is 0 Å². The van der Waals surface area contributed by atoms with Crippen molar-refractivity contribution < 1.29 is 0 Å². The van der Waals surface area contributed by atoms with Gasteiger partial charge in [0.2, 0.25) is 0 Å². The lowest BCUT2D eigenvalue weighted by molar-refractivity contribution is 0.609. The minimum atomic E-state index is 0.0898. The van der Waals surface area contributed by atoms with E-state index in [9.17, 15) is 4.79 Å². The molecule has 0 aliphatic carbocycles. The summed E-state index contributed by atoms with van der Waals surface area (Å²) in [4.78, 5) is 11.1. The van der Waals surface area contributed by atoms with E-state index in [0.717, 1.165) is 19.4 Å². The molecule has 1 aromatic rings. The van der Waals surface area contributed by atoms with Crippen LogP contribution in [0.4, 0.5) is 0 Å². The van der Waals surface area contributed by atoms with Crippen LogP contribution in [0.5, 0.6) is 0 Å². The number of thiazole rings is 1. The third-order valence-corrected chi connectivity index (χ3v) is 2.28. The molecule has 0 amide bonds. The predicted octanol–water partition coefficient (Wildman–Crippen LogP) is 1.60. The van der Waals surface area contributed by atoms with Crippen molar-refractivity contribution in [2.45, 2.75) is 25.8 Å². The van der Waals surface area contributed by atoms with Crippen LogP contribution in [0.15, 0.2) is 16.4 Å². The Morgan fingerprint density at radius 3 is 3.00 bits per heavy atom. The SMILES string of the molecule is N#CCCCCn1ccsc1=O. The molecule has 3 nitrogen and oxygen atoms in total. The van der Waals surface area contributed by atoms with Gasteiger partial charge in [0.1, 0.15) is 0 Å². The zero-order valence-corrected chi connectivity index (χ0v) is 7.51. The Bertz CT molecular complexity index is 320. The summed E-state index contributed by atoms with van der Waals surface area (Å²) >= 11 is 1.21. The maximum atomic E-state index is 11.0. The van der Waals surface area contributed by atoms with Crippen LogP contribution in [0.2, 0.25) is 0 Å². The molecule has 0 bridgehead atoms. The standard InChI is InChI=1S/C8H10N2OS/c9-4-2-1-3-5-10-6-7-12-8(10)11/h6-7H,1-3,5H2. The van der Waals surface area contributed by atoms with E-state index in [4.69, 9.17) is 5.26 Å². The van der Waals surface area contributed by atoms with Crippen molar-refractivity contribution in [3.8, 4) is 6.07 Å². The van der Waals surface area contributed by atoms with Gasteiger partial charge in [0.05, 0.1) is 6.07 Å². The quantitative estimate of drug-likeness (QED) is 0.664. The van der Waals surface area contributed by atoms with Gasteiger partial charge < -0.3 is 4.57 Å². The average Bonchev–Trinajstić information content (AvgIpc) is 2.46. The van der Waals surface area contributed by atoms with Crippen LogP contribution in [0.1, 0.15) is 19.3 Å². The second-order valence-electron chi connectivity index (χ2n) is 2.48. The molecular formula is C8H10N2OS. The van der Waals surface area contributed by atoms with E-state index in [-0.39, 0.29) is 4.87 Å². The second kappa shape index (κ2) is 4.73. The van der Waals surface area contributed by atoms with E-state index in [1.807, 2.05) is 0 Å². The Morgan fingerprint density at radius 2 is 2.42 bits per heavy atom. The number of nitrogens with zero attached hydrogens (tertiary/aromatic N) is 2. The summed E-state index contributed by atoms with van der Waals surface area (Å²) in [5.41, 5.74) is 0. The van der Waals surface area contributed by atoms with Crippen molar-refractivity contribution in [1.29, 1.82) is 5.26 Å². The monoisotopic (exact) mass is 182 g/mol. The van der Waals surface area contributed by atoms with Gasteiger partial charge in [-0.2, -0.15) is 5.26 Å². The largest absolute Gasteiger partial charge is 0.307 e. The molecule has 0 unspecified atom stereocenters. The highest BCUT2D eigenvalue weighted by Gasteiger charge is 1.94. The zero-order valence-electron chi connectivity index (χ0n) is 6.69. The van der Waals surface area contributed by atoms with Crippen molar-refractivity contribution in [3.05, 3.63) is 21.2 Å². The minimum absolute atomic E-state index is 0.0898. The van der Waals surface area contributed by atoms with E-state index in [2.05, 4.69) is 6.07 Å².